The number of nitrogens with one attached hydrogen (secondary N) is 2. The number of hydrogen-bond donors (Lipinski definition) is 3. The van der Waals surface area contributed by atoms with Crippen LogP contribution in [-0.4, -0.2) is 47.4 Å². The first-order chi connectivity index (χ1) is 12.1. The Bertz CT molecular complexity index is 509. The quantitative estimate of drug-likeness (QED) is 0.675. The van der Waals surface area contributed by atoms with Gasteiger partial charge in [-0.05, 0) is 37.8 Å². The van der Waals surface area contributed by atoms with Gasteiger partial charge in [0, 0.05) is 31.9 Å². The number of carbonyl (C=O) groups excluding carboxylic acids is 1. The van der Waals surface area contributed by atoms with Gasteiger partial charge >= 0.3 is 6.03 Å². The minimum absolute atomic E-state index is 0.172. The SMILES string of the molecule is CCCC(O)(CCC)CNC(=O)NC1CCN(c2ccccn2)CC1. The first-order valence-corrected chi connectivity index (χ1v) is 9.49. The van der Waals surface area contributed by atoms with Crippen LogP contribution in [0.5, 0.6) is 0 Å². The fraction of sp³-hybridized carbons (Fsp3) is 0.684. The minimum atomic E-state index is -0.789. The third-order valence-corrected chi connectivity index (χ3v) is 4.81. The maximum absolute atomic E-state index is 12.2. The molecule has 0 aliphatic carbocycles. The van der Waals surface area contributed by atoms with E-state index in [-0.39, 0.29) is 12.1 Å². The number of urea groups is 1. The average molecular weight is 348 g/mol. The number of amides is 2. The fourth-order valence-corrected chi connectivity index (χ4v) is 3.51. The largest absolute Gasteiger partial charge is 0.388 e. The molecule has 0 radical (unpaired) electrons. The Morgan fingerprint density at radius 1 is 1.28 bits per heavy atom. The second-order valence-corrected chi connectivity index (χ2v) is 7.00. The van der Waals surface area contributed by atoms with Crippen LogP contribution in [0.1, 0.15) is 52.4 Å². The van der Waals surface area contributed by atoms with Gasteiger partial charge in [-0.3, -0.25) is 0 Å². The number of carbonyl (C=O) groups is 1. The third kappa shape index (κ3) is 6.20. The summed E-state index contributed by atoms with van der Waals surface area (Å²) in [4.78, 5) is 18.8. The highest BCUT2D eigenvalue weighted by Gasteiger charge is 2.26. The molecule has 1 saturated heterocycles. The number of anilines is 1. The number of aromatic nitrogens is 1. The first-order valence-electron chi connectivity index (χ1n) is 9.49. The van der Waals surface area contributed by atoms with Gasteiger partial charge < -0.3 is 20.6 Å². The molecule has 2 rings (SSSR count). The van der Waals surface area contributed by atoms with E-state index >= 15 is 0 Å². The van der Waals surface area contributed by atoms with Crippen LogP contribution in [0.2, 0.25) is 0 Å². The zero-order valence-electron chi connectivity index (χ0n) is 15.5. The van der Waals surface area contributed by atoms with Crippen molar-refractivity contribution in [3.05, 3.63) is 24.4 Å². The van der Waals surface area contributed by atoms with Gasteiger partial charge in [-0.15, -0.1) is 0 Å². The number of nitrogens with zero attached hydrogens (tertiary/aromatic N) is 2. The smallest absolute Gasteiger partial charge is 0.315 e. The van der Waals surface area contributed by atoms with Crippen molar-refractivity contribution in [1.29, 1.82) is 0 Å². The lowest BCUT2D eigenvalue weighted by molar-refractivity contribution is 0.0240. The number of piperidine rings is 1. The maximum Gasteiger partial charge on any atom is 0.315 e. The molecule has 140 valence electrons. The lowest BCUT2D eigenvalue weighted by atomic mass is 9.93. The van der Waals surface area contributed by atoms with Crippen LogP contribution in [0.3, 0.4) is 0 Å². The van der Waals surface area contributed by atoms with E-state index < -0.39 is 5.60 Å². The average Bonchev–Trinajstić information content (AvgIpc) is 2.62. The van der Waals surface area contributed by atoms with Crippen molar-refractivity contribution in [2.24, 2.45) is 0 Å². The van der Waals surface area contributed by atoms with Crippen LogP contribution in [0.25, 0.3) is 0 Å². The maximum atomic E-state index is 12.2. The fourth-order valence-electron chi connectivity index (χ4n) is 3.51. The molecule has 0 unspecified atom stereocenters. The number of aliphatic hydroxyl groups is 1. The molecule has 1 aliphatic rings. The van der Waals surface area contributed by atoms with Gasteiger partial charge in [0.05, 0.1) is 5.60 Å². The van der Waals surface area contributed by atoms with Gasteiger partial charge in [0.15, 0.2) is 0 Å². The van der Waals surface area contributed by atoms with Crippen LogP contribution in [0.4, 0.5) is 10.6 Å². The van der Waals surface area contributed by atoms with Crippen LogP contribution in [0, 0.1) is 0 Å². The number of hydrogen-bond acceptors (Lipinski definition) is 4. The van der Waals surface area contributed by atoms with Crippen LogP contribution in [-0.2, 0) is 0 Å². The Morgan fingerprint density at radius 2 is 1.96 bits per heavy atom. The predicted molar refractivity (Wildman–Crippen MR) is 101 cm³/mol. The molecule has 0 aromatic carbocycles. The van der Waals surface area contributed by atoms with Crippen molar-refractivity contribution in [3.63, 3.8) is 0 Å². The zero-order valence-corrected chi connectivity index (χ0v) is 15.5. The predicted octanol–water partition coefficient (Wildman–Crippen LogP) is 2.68. The standard InChI is InChI=1S/C19H32N4O2/c1-3-10-19(25,11-4-2)15-21-18(24)22-16-8-13-23(14-9-16)17-7-5-6-12-20-17/h5-7,12,16,25H,3-4,8-11,13-15H2,1-2H3,(H2,21,22,24). The molecule has 2 amide bonds. The summed E-state index contributed by atoms with van der Waals surface area (Å²) in [5, 5.41) is 16.5. The van der Waals surface area contributed by atoms with Crippen molar-refractivity contribution < 1.29 is 9.90 Å². The molecule has 2 heterocycles. The second kappa shape index (κ2) is 9.61. The highest BCUT2D eigenvalue weighted by Crippen LogP contribution is 2.19. The summed E-state index contributed by atoms with van der Waals surface area (Å²) in [6.45, 7) is 6.19. The van der Waals surface area contributed by atoms with Crippen LogP contribution >= 0.6 is 0 Å². The summed E-state index contributed by atoms with van der Waals surface area (Å²) in [5.41, 5.74) is -0.789. The minimum Gasteiger partial charge on any atom is -0.388 e. The lowest BCUT2D eigenvalue weighted by Gasteiger charge is -2.33. The molecule has 0 atom stereocenters. The number of pyridine rings is 1. The molecular weight excluding hydrogens is 316 g/mol. The van der Waals surface area contributed by atoms with E-state index in [4.69, 9.17) is 0 Å². The molecule has 0 spiro atoms. The zero-order chi connectivity index (χ0) is 18.1. The molecule has 25 heavy (non-hydrogen) atoms. The van der Waals surface area contributed by atoms with E-state index in [0.29, 0.717) is 19.4 Å². The van der Waals surface area contributed by atoms with Gasteiger partial charge in [-0.25, -0.2) is 9.78 Å². The summed E-state index contributed by atoms with van der Waals surface area (Å²) >= 11 is 0. The van der Waals surface area contributed by atoms with E-state index in [1.807, 2.05) is 18.2 Å². The normalized spacial score (nSPS) is 15.9. The number of rotatable bonds is 8. The van der Waals surface area contributed by atoms with Crippen molar-refractivity contribution in [2.45, 2.75) is 64.0 Å². The first kappa shape index (κ1) is 19.5. The molecule has 1 aromatic rings. The van der Waals surface area contributed by atoms with E-state index in [9.17, 15) is 9.90 Å². The molecule has 1 aliphatic heterocycles. The van der Waals surface area contributed by atoms with Crippen molar-refractivity contribution in [2.75, 3.05) is 24.5 Å². The molecule has 6 nitrogen and oxygen atoms in total. The Balaban J connectivity index is 1.73. The Hall–Kier alpha value is -1.82. The molecule has 1 fully saturated rings. The monoisotopic (exact) mass is 348 g/mol. The topological polar surface area (TPSA) is 77.5 Å². The Morgan fingerprint density at radius 3 is 2.52 bits per heavy atom. The molecule has 1 aromatic heterocycles. The van der Waals surface area contributed by atoms with Crippen molar-refractivity contribution >= 4 is 11.8 Å². The van der Waals surface area contributed by atoms with Crippen LogP contribution < -0.4 is 15.5 Å². The van der Waals surface area contributed by atoms with E-state index in [0.717, 1.165) is 44.6 Å². The summed E-state index contributed by atoms with van der Waals surface area (Å²) in [6, 6.07) is 5.92. The molecular formula is C19H32N4O2. The summed E-state index contributed by atoms with van der Waals surface area (Å²) in [7, 11) is 0. The molecule has 3 N–H and O–H groups in total. The highest BCUT2D eigenvalue weighted by atomic mass is 16.3. The van der Waals surface area contributed by atoms with Crippen LogP contribution in [0.15, 0.2) is 24.4 Å². The Kier molecular flexibility index (Phi) is 7.50. The van der Waals surface area contributed by atoms with Gasteiger partial charge in [0.1, 0.15) is 5.82 Å². The second-order valence-electron chi connectivity index (χ2n) is 7.00. The highest BCUT2D eigenvalue weighted by molar-refractivity contribution is 5.74. The van der Waals surface area contributed by atoms with E-state index in [1.54, 1.807) is 6.20 Å². The molecule has 0 saturated carbocycles. The van der Waals surface area contributed by atoms with E-state index in [2.05, 4.69) is 34.4 Å². The van der Waals surface area contributed by atoms with Gasteiger partial charge in [-0.1, -0.05) is 32.8 Å². The lowest BCUT2D eigenvalue weighted by Crippen LogP contribution is -2.51. The van der Waals surface area contributed by atoms with Gasteiger partial charge in [-0.2, -0.15) is 0 Å². The van der Waals surface area contributed by atoms with E-state index in [1.165, 1.54) is 0 Å². The van der Waals surface area contributed by atoms with Gasteiger partial charge in [0.2, 0.25) is 0 Å². The summed E-state index contributed by atoms with van der Waals surface area (Å²) < 4.78 is 0. The molecule has 6 heteroatoms. The molecule has 0 bridgehead atoms. The van der Waals surface area contributed by atoms with Crippen molar-refractivity contribution in [3.8, 4) is 0 Å². The third-order valence-electron chi connectivity index (χ3n) is 4.81. The Labute approximate surface area is 151 Å². The van der Waals surface area contributed by atoms with Crippen molar-refractivity contribution in [1.82, 2.24) is 15.6 Å². The van der Waals surface area contributed by atoms with Gasteiger partial charge in [0.25, 0.3) is 0 Å². The summed E-state index contributed by atoms with van der Waals surface area (Å²) in [5.74, 6) is 0.995. The summed E-state index contributed by atoms with van der Waals surface area (Å²) in [6.07, 6.45) is 6.85.